The number of para-hydroxylation sites is 1. The SMILES string of the molecule is ClCc1cccc2nc3ccccc3cc12. The lowest BCUT2D eigenvalue weighted by Gasteiger charge is -2.04. The molecule has 3 aromatic rings. The van der Waals surface area contributed by atoms with E-state index in [9.17, 15) is 0 Å². The molecule has 0 bridgehead atoms. The standard InChI is InChI=1S/C14H10ClN/c15-9-11-5-3-7-14-12(11)8-10-4-1-2-6-13(10)16-14/h1-8H,9H2. The molecule has 1 heterocycles. The molecule has 0 N–H and O–H groups in total. The monoisotopic (exact) mass is 227 g/mol. The molecule has 0 fully saturated rings. The summed E-state index contributed by atoms with van der Waals surface area (Å²) in [7, 11) is 0. The Kier molecular flexibility index (Phi) is 2.26. The molecule has 0 saturated carbocycles. The van der Waals surface area contributed by atoms with E-state index in [-0.39, 0.29) is 0 Å². The summed E-state index contributed by atoms with van der Waals surface area (Å²) in [6.07, 6.45) is 0. The molecular weight excluding hydrogens is 218 g/mol. The van der Waals surface area contributed by atoms with Crippen molar-refractivity contribution in [2.75, 3.05) is 0 Å². The Morgan fingerprint density at radius 3 is 2.62 bits per heavy atom. The first-order valence-electron chi connectivity index (χ1n) is 5.22. The number of pyridine rings is 1. The Balaban J connectivity index is 2.46. The highest BCUT2D eigenvalue weighted by Gasteiger charge is 2.02. The number of nitrogens with zero attached hydrogens (tertiary/aromatic N) is 1. The first-order valence-corrected chi connectivity index (χ1v) is 5.75. The third-order valence-electron chi connectivity index (χ3n) is 2.79. The van der Waals surface area contributed by atoms with Crippen LogP contribution < -0.4 is 0 Å². The molecule has 0 spiro atoms. The third-order valence-corrected chi connectivity index (χ3v) is 3.08. The minimum absolute atomic E-state index is 0.525. The first-order chi connectivity index (χ1) is 7.88. The van der Waals surface area contributed by atoms with E-state index in [0.717, 1.165) is 27.4 Å². The van der Waals surface area contributed by atoms with Crippen molar-refractivity contribution in [2.45, 2.75) is 5.88 Å². The van der Waals surface area contributed by atoms with Crippen molar-refractivity contribution < 1.29 is 0 Å². The summed E-state index contributed by atoms with van der Waals surface area (Å²) in [4.78, 5) is 4.63. The number of hydrogen-bond acceptors (Lipinski definition) is 1. The lowest BCUT2D eigenvalue weighted by Crippen LogP contribution is -1.86. The van der Waals surface area contributed by atoms with Crippen LogP contribution in [0.25, 0.3) is 21.8 Å². The van der Waals surface area contributed by atoms with Crippen molar-refractivity contribution in [3.8, 4) is 0 Å². The highest BCUT2D eigenvalue weighted by atomic mass is 35.5. The Labute approximate surface area is 98.7 Å². The van der Waals surface area contributed by atoms with E-state index < -0.39 is 0 Å². The average Bonchev–Trinajstić information content (AvgIpc) is 2.35. The Hall–Kier alpha value is -1.60. The van der Waals surface area contributed by atoms with Crippen molar-refractivity contribution >= 4 is 33.4 Å². The molecule has 2 aromatic carbocycles. The van der Waals surface area contributed by atoms with E-state index in [1.165, 1.54) is 0 Å². The smallest absolute Gasteiger partial charge is 0.0712 e. The largest absolute Gasteiger partial charge is 0.248 e. The Morgan fingerprint density at radius 2 is 1.75 bits per heavy atom. The second kappa shape index (κ2) is 3.76. The van der Waals surface area contributed by atoms with Gasteiger partial charge in [-0.3, -0.25) is 0 Å². The maximum Gasteiger partial charge on any atom is 0.0712 e. The van der Waals surface area contributed by atoms with E-state index in [2.05, 4.69) is 17.1 Å². The molecule has 0 saturated heterocycles. The summed E-state index contributed by atoms with van der Waals surface area (Å²) in [6, 6.07) is 16.4. The van der Waals surface area contributed by atoms with Gasteiger partial charge in [-0.05, 0) is 23.8 Å². The zero-order chi connectivity index (χ0) is 11.0. The quantitative estimate of drug-likeness (QED) is 0.450. The van der Waals surface area contributed by atoms with Gasteiger partial charge in [0.1, 0.15) is 0 Å². The van der Waals surface area contributed by atoms with Gasteiger partial charge in [0.15, 0.2) is 0 Å². The van der Waals surface area contributed by atoms with E-state index in [4.69, 9.17) is 11.6 Å². The van der Waals surface area contributed by atoms with Gasteiger partial charge in [-0.15, -0.1) is 11.6 Å². The third kappa shape index (κ3) is 1.44. The topological polar surface area (TPSA) is 12.9 Å². The Bertz CT molecular complexity index is 661. The number of fused-ring (bicyclic) bond motifs is 2. The minimum atomic E-state index is 0.525. The van der Waals surface area contributed by atoms with E-state index in [1.54, 1.807) is 0 Å². The van der Waals surface area contributed by atoms with Gasteiger partial charge in [0.2, 0.25) is 0 Å². The van der Waals surface area contributed by atoms with Crippen LogP contribution in [0.2, 0.25) is 0 Å². The molecule has 0 aliphatic rings. The summed E-state index contributed by atoms with van der Waals surface area (Å²) in [6.45, 7) is 0. The molecule has 2 heteroatoms. The molecule has 0 aliphatic carbocycles. The van der Waals surface area contributed by atoms with Crippen LogP contribution in [0.3, 0.4) is 0 Å². The van der Waals surface area contributed by atoms with Gasteiger partial charge in [0.25, 0.3) is 0 Å². The van der Waals surface area contributed by atoms with Crippen LogP contribution in [-0.2, 0) is 5.88 Å². The van der Waals surface area contributed by atoms with Gasteiger partial charge in [-0.1, -0.05) is 30.3 Å². The summed E-state index contributed by atoms with van der Waals surface area (Å²) >= 11 is 5.93. The maximum absolute atomic E-state index is 5.93. The minimum Gasteiger partial charge on any atom is -0.248 e. The molecule has 16 heavy (non-hydrogen) atoms. The number of aromatic nitrogens is 1. The van der Waals surface area contributed by atoms with Crippen molar-refractivity contribution in [1.29, 1.82) is 0 Å². The van der Waals surface area contributed by atoms with Gasteiger partial charge in [-0.2, -0.15) is 0 Å². The van der Waals surface area contributed by atoms with Crippen molar-refractivity contribution in [3.05, 3.63) is 54.1 Å². The summed E-state index contributed by atoms with van der Waals surface area (Å²) in [5.74, 6) is 0.525. The molecule has 0 aliphatic heterocycles. The van der Waals surface area contributed by atoms with Gasteiger partial charge in [-0.25, -0.2) is 4.98 Å². The predicted octanol–water partition coefficient (Wildman–Crippen LogP) is 4.13. The fourth-order valence-electron chi connectivity index (χ4n) is 1.98. The van der Waals surface area contributed by atoms with Crippen molar-refractivity contribution in [3.63, 3.8) is 0 Å². The normalized spacial score (nSPS) is 11.1. The lowest BCUT2D eigenvalue weighted by molar-refractivity contribution is 1.42. The number of rotatable bonds is 1. The molecule has 78 valence electrons. The maximum atomic E-state index is 5.93. The zero-order valence-corrected chi connectivity index (χ0v) is 9.41. The van der Waals surface area contributed by atoms with E-state index in [1.807, 2.05) is 36.4 Å². The van der Waals surface area contributed by atoms with Crippen LogP contribution >= 0.6 is 11.6 Å². The number of benzene rings is 2. The molecule has 3 rings (SSSR count). The summed E-state index contributed by atoms with van der Waals surface area (Å²) in [5.41, 5.74) is 3.18. The number of halogens is 1. The second-order valence-corrected chi connectivity index (χ2v) is 4.07. The van der Waals surface area contributed by atoms with E-state index in [0.29, 0.717) is 5.88 Å². The van der Waals surface area contributed by atoms with Crippen LogP contribution in [-0.4, -0.2) is 4.98 Å². The van der Waals surface area contributed by atoms with Gasteiger partial charge in [0.05, 0.1) is 11.0 Å². The molecule has 0 amide bonds. The Morgan fingerprint density at radius 1 is 0.938 bits per heavy atom. The van der Waals surface area contributed by atoms with Crippen molar-refractivity contribution in [1.82, 2.24) is 4.98 Å². The van der Waals surface area contributed by atoms with Crippen LogP contribution in [0.15, 0.2) is 48.5 Å². The number of hydrogen-bond donors (Lipinski definition) is 0. The molecule has 0 atom stereocenters. The lowest BCUT2D eigenvalue weighted by atomic mass is 10.1. The van der Waals surface area contributed by atoms with Gasteiger partial charge >= 0.3 is 0 Å². The molecule has 1 nitrogen and oxygen atoms in total. The molecule has 0 unspecified atom stereocenters. The predicted molar refractivity (Wildman–Crippen MR) is 68.8 cm³/mol. The zero-order valence-electron chi connectivity index (χ0n) is 8.65. The van der Waals surface area contributed by atoms with Gasteiger partial charge < -0.3 is 0 Å². The van der Waals surface area contributed by atoms with Crippen molar-refractivity contribution in [2.24, 2.45) is 0 Å². The fourth-order valence-corrected chi connectivity index (χ4v) is 2.21. The van der Waals surface area contributed by atoms with Crippen LogP contribution in [0.4, 0.5) is 0 Å². The highest BCUT2D eigenvalue weighted by Crippen LogP contribution is 2.23. The van der Waals surface area contributed by atoms with E-state index >= 15 is 0 Å². The molecule has 0 radical (unpaired) electrons. The fraction of sp³-hybridized carbons (Fsp3) is 0.0714. The summed E-state index contributed by atoms with van der Waals surface area (Å²) in [5, 5.41) is 2.31. The average molecular weight is 228 g/mol. The molecular formula is C14H10ClN. The van der Waals surface area contributed by atoms with Crippen LogP contribution in [0, 0.1) is 0 Å². The highest BCUT2D eigenvalue weighted by molar-refractivity contribution is 6.18. The molecule has 1 aromatic heterocycles. The second-order valence-electron chi connectivity index (χ2n) is 3.80. The number of alkyl halides is 1. The van der Waals surface area contributed by atoms with Gasteiger partial charge in [0, 0.05) is 16.7 Å². The van der Waals surface area contributed by atoms with Crippen LogP contribution in [0.1, 0.15) is 5.56 Å². The summed E-state index contributed by atoms with van der Waals surface area (Å²) < 4.78 is 0. The van der Waals surface area contributed by atoms with Crippen LogP contribution in [0.5, 0.6) is 0 Å². The first kappa shape index (κ1) is 9.61.